The van der Waals surface area contributed by atoms with Crippen LogP contribution in [0.4, 0.5) is 0 Å². The molecule has 1 aliphatic carbocycles. The highest BCUT2D eigenvalue weighted by Gasteiger charge is 2.25. The van der Waals surface area contributed by atoms with Crippen LogP contribution in [0.2, 0.25) is 0 Å². The first-order valence-electron chi connectivity index (χ1n) is 9.43. The summed E-state index contributed by atoms with van der Waals surface area (Å²) < 4.78 is 2.25. The Morgan fingerprint density at radius 2 is 1.92 bits per heavy atom. The van der Waals surface area contributed by atoms with Gasteiger partial charge in [0, 0.05) is 19.6 Å². The minimum Gasteiger partial charge on any atom is -0.340 e. The van der Waals surface area contributed by atoms with Gasteiger partial charge < -0.3 is 9.47 Å². The number of aryl methyl sites for hydroxylation is 1. The normalized spacial score (nSPS) is 16.4. The second kappa shape index (κ2) is 8.71. The Morgan fingerprint density at radius 1 is 1.23 bits per heavy atom. The number of thioether (sulfide) groups is 1. The molecule has 26 heavy (non-hydrogen) atoms. The number of rotatable bonds is 6. The van der Waals surface area contributed by atoms with Crippen molar-refractivity contribution >= 4 is 17.7 Å². The maximum atomic E-state index is 12.8. The quantitative estimate of drug-likeness (QED) is 0.712. The molecule has 0 N–H and O–H groups in total. The number of carbonyl (C=O) groups is 1. The molecule has 2 aromatic rings. The van der Waals surface area contributed by atoms with Gasteiger partial charge in [-0.2, -0.15) is 0 Å². The van der Waals surface area contributed by atoms with Gasteiger partial charge in [0.05, 0.1) is 5.25 Å². The monoisotopic (exact) mass is 372 g/mol. The first-order chi connectivity index (χ1) is 12.6. The summed E-state index contributed by atoms with van der Waals surface area (Å²) in [7, 11) is 1.86. The van der Waals surface area contributed by atoms with Gasteiger partial charge in [0.15, 0.2) is 5.16 Å². The van der Waals surface area contributed by atoms with Gasteiger partial charge in [0.25, 0.3) is 0 Å². The number of amides is 1. The molecule has 1 fully saturated rings. The smallest absolute Gasteiger partial charge is 0.235 e. The molecule has 3 rings (SSSR count). The maximum absolute atomic E-state index is 12.8. The Kier molecular flexibility index (Phi) is 6.35. The van der Waals surface area contributed by atoms with Gasteiger partial charge in [-0.15, -0.1) is 10.2 Å². The van der Waals surface area contributed by atoms with Crippen molar-refractivity contribution in [3.05, 3.63) is 41.7 Å². The van der Waals surface area contributed by atoms with Crippen LogP contribution in [0.5, 0.6) is 0 Å². The summed E-state index contributed by atoms with van der Waals surface area (Å²) in [5.74, 6) is 1.08. The molecule has 0 saturated heterocycles. The third-order valence-electron chi connectivity index (χ3n) is 5.04. The zero-order valence-electron chi connectivity index (χ0n) is 15.9. The van der Waals surface area contributed by atoms with Gasteiger partial charge in [0.1, 0.15) is 5.82 Å². The molecule has 1 aromatic heterocycles. The zero-order valence-corrected chi connectivity index (χ0v) is 16.7. The van der Waals surface area contributed by atoms with Crippen LogP contribution in [0.25, 0.3) is 0 Å². The van der Waals surface area contributed by atoms with E-state index in [1.165, 1.54) is 43.9 Å². The Balaban J connectivity index is 1.65. The van der Waals surface area contributed by atoms with Crippen molar-refractivity contribution in [2.24, 2.45) is 0 Å². The van der Waals surface area contributed by atoms with E-state index in [-0.39, 0.29) is 11.2 Å². The maximum Gasteiger partial charge on any atom is 0.235 e. The van der Waals surface area contributed by atoms with Gasteiger partial charge in [-0.3, -0.25) is 4.79 Å². The number of nitrogens with zero attached hydrogens (tertiary/aromatic N) is 4. The highest BCUT2D eigenvalue weighted by Crippen LogP contribution is 2.33. The summed E-state index contributed by atoms with van der Waals surface area (Å²) in [5, 5.41) is 9.34. The minimum atomic E-state index is -0.186. The van der Waals surface area contributed by atoms with Crippen molar-refractivity contribution in [2.75, 3.05) is 7.05 Å². The van der Waals surface area contributed by atoms with Gasteiger partial charge in [-0.1, -0.05) is 61.4 Å². The van der Waals surface area contributed by atoms with Crippen molar-refractivity contribution in [2.45, 2.75) is 68.9 Å². The molecule has 5 nitrogen and oxygen atoms in total. The van der Waals surface area contributed by atoms with E-state index in [9.17, 15) is 4.79 Å². The van der Waals surface area contributed by atoms with E-state index < -0.39 is 0 Å². The molecule has 1 aromatic carbocycles. The Morgan fingerprint density at radius 3 is 2.62 bits per heavy atom. The summed E-state index contributed by atoms with van der Waals surface area (Å²) in [4.78, 5) is 14.6. The van der Waals surface area contributed by atoms with Crippen LogP contribution in [0.3, 0.4) is 0 Å². The lowest BCUT2D eigenvalue weighted by atomic mass is 9.95. The largest absolute Gasteiger partial charge is 0.340 e. The number of benzene rings is 1. The lowest BCUT2D eigenvalue weighted by Gasteiger charge is -2.26. The van der Waals surface area contributed by atoms with Gasteiger partial charge in [-0.25, -0.2) is 0 Å². The van der Waals surface area contributed by atoms with E-state index in [1.54, 1.807) is 4.90 Å². The molecule has 0 radical (unpaired) electrons. The molecule has 1 saturated carbocycles. The van der Waals surface area contributed by atoms with Crippen LogP contribution < -0.4 is 0 Å². The van der Waals surface area contributed by atoms with Crippen LogP contribution in [-0.4, -0.2) is 37.9 Å². The fourth-order valence-electron chi connectivity index (χ4n) is 3.64. The molecule has 1 aliphatic rings. The molecule has 1 unspecified atom stereocenters. The van der Waals surface area contributed by atoms with Crippen LogP contribution in [0.1, 0.15) is 56.5 Å². The molecule has 140 valence electrons. The number of carbonyl (C=O) groups excluding carboxylic acids is 1. The topological polar surface area (TPSA) is 51.0 Å². The second-order valence-electron chi connectivity index (χ2n) is 7.13. The fourth-order valence-corrected chi connectivity index (χ4v) is 4.72. The predicted octanol–water partition coefficient (Wildman–Crippen LogP) is 4.23. The number of hydrogen-bond acceptors (Lipinski definition) is 4. The number of hydrogen-bond donors (Lipinski definition) is 0. The molecular formula is C20H28N4OS. The van der Waals surface area contributed by atoms with E-state index >= 15 is 0 Å². The highest BCUT2D eigenvalue weighted by atomic mass is 32.2. The first-order valence-corrected chi connectivity index (χ1v) is 10.3. The molecule has 0 aliphatic heterocycles. The van der Waals surface area contributed by atoms with Gasteiger partial charge >= 0.3 is 0 Å². The number of aromatic nitrogens is 3. The Bertz CT molecular complexity index is 725. The van der Waals surface area contributed by atoms with E-state index in [0.29, 0.717) is 12.6 Å². The molecule has 6 heteroatoms. The second-order valence-corrected chi connectivity index (χ2v) is 8.44. The third-order valence-corrected chi connectivity index (χ3v) is 6.09. The summed E-state index contributed by atoms with van der Waals surface area (Å²) >= 11 is 1.53. The lowest BCUT2D eigenvalue weighted by Crippen LogP contribution is -2.33. The van der Waals surface area contributed by atoms with Crippen LogP contribution in [-0.2, 0) is 11.3 Å². The summed E-state index contributed by atoms with van der Waals surface area (Å²) in [5.41, 5.74) is 1.14. The van der Waals surface area contributed by atoms with Crippen molar-refractivity contribution in [1.29, 1.82) is 0 Å². The lowest BCUT2D eigenvalue weighted by molar-refractivity contribution is -0.129. The van der Waals surface area contributed by atoms with E-state index in [4.69, 9.17) is 0 Å². The first kappa shape index (κ1) is 19.0. The van der Waals surface area contributed by atoms with Crippen LogP contribution in [0.15, 0.2) is 35.5 Å². The molecular weight excluding hydrogens is 344 g/mol. The SMILES string of the molecule is Cc1nnc(SC(C)C(=O)N(C)Cc2ccccc2)n1C1CCCCC1. The van der Waals surface area contributed by atoms with Crippen molar-refractivity contribution in [3.8, 4) is 0 Å². The van der Waals surface area contributed by atoms with Gasteiger partial charge in [0.2, 0.25) is 5.91 Å². The van der Waals surface area contributed by atoms with E-state index in [2.05, 4.69) is 14.8 Å². The average molecular weight is 373 g/mol. The molecule has 0 bridgehead atoms. The van der Waals surface area contributed by atoms with E-state index in [0.717, 1.165) is 16.5 Å². The Labute approximate surface area is 160 Å². The standard InChI is InChI=1S/C20H28N4OS/c1-15(19(25)23(3)14-17-10-6-4-7-11-17)26-20-22-21-16(2)24(20)18-12-8-5-9-13-18/h4,6-7,10-11,15,18H,5,8-9,12-14H2,1-3H3. The summed E-state index contributed by atoms with van der Waals surface area (Å²) in [6.45, 7) is 4.60. The molecule has 1 heterocycles. The Hall–Kier alpha value is -1.82. The molecule has 1 amide bonds. The molecule has 1 atom stereocenters. The fraction of sp³-hybridized carbons (Fsp3) is 0.550. The van der Waals surface area contributed by atoms with Crippen LogP contribution >= 0.6 is 11.8 Å². The average Bonchev–Trinajstić information content (AvgIpc) is 3.02. The van der Waals surface area contributed by atoms with Crippen molar-refractivity contribution in [3.63, 3.8) is 0 Å². The van der Waals surface area contributed by atoms with Crippen LogP contribution in [0, 0.1) is 6.92 Å². The van der Waals surface area contributed by atoms with E-state index in [1.807, 2.05) is 51.2 Å². The third kappa shape index (κ3) is 4.47. The van der Waals surface area contributed by atoms with Gasteiger partial charge in [-0.05, 0) is 32.3 Å². The zero-order chi connectivity index (χ0) is 18.5. The minimum absolute atomic E-state index is 0.120. The predicted molar refractivity (Wildman–Crippen MR) is 105 cm³/mol. The van der Waals surface area contributed by atoms with Crippen molar-refractivity contribution in [1.82, 2.24) is 19.7 Å². The molecule has 0 spiro atoms. The summed E-state index contributed by atoms with van der Waals surface area (Å²) in [6, 6.07) is 10.6. The summed E-state index contributed by atoms with van der Waals surface area (Å²) in [6.07, 6.45) is 6.21. The highest BCUT2D eigenvalue weighted by molar-refractivity contribution is 8.00. The van der Waals surface area contributed by atoms with Crippen molar-refractivity contribution < 1.29 is 4.79 Å².